The molecule has 2 aliphatic rings. The summed E-state index contributed by atoms with van der Waals surface area (Å²) in [5, 5.41) is 12.8. The summed E-state index contributed by atoms with van der Waals surface area (Å²) in [5.41, 5.74) is 3.91. The molecular weight excluding hydrogens is 488 g/mol. The monoisotopic (exact) mass is 522 g/mol. The number of nitrogens with zero attached hydrogens (tertiary/aromatic N) is 5. The van der Waals surface area contributed by atoms with Gasteiger partial charge in [0.15, 0.2) is 9.84 Å². The smallest absolute Gasteiger partial charge is 0.317 e. The Morgan fingerprint density at radius 1 is 1.03 bits per heavy atom. The molecule has 2 amide bonds. The van der Waals surface area contributed by atoms with Crippen LogP contribution in [0.5, 0.6) is 0 Å². The van der Waals surface area contributed by atoms with Crippen LogP contribution in [0, 0.1) is 0 Å². The fourth-order valence-electron chi connectivity index (χ4n) is 4.92. The summed E-state index contributed by atoms with van der Waals surface area (Å²) in [5.74, 6) is 0.676. The predicted octanol–water partition coefficient (Wildman–Crippen LogP) is 4.02. The lowest BCUT2D eigenvalue weighted by atomic mass is 9.85. The summed E-state index contributed by atoms with van der Waals surface area (Å²) >= 11 is 0. The van der Waals surface area contributed by atoms with Crippen LogP contribution in [-0.2, 0) is 16.4 Å². The fourth-order valence-corrected chi connectivity index (χ4v) is 5.74. The second kappa shape index (κ2) is 10.2. The van der Waals surface area contributed by atoms with E-state index < -0.39 is 9.84 Å². The van der Waals surface area contributed by atoms with E-state index in [4.69, 9.17) is 10.2 Å². The molecule has 1 N–H and O–H groups in total. The van der Waals surface area contributed by atoms with Crippen LogP contribution in [0.4, 0.5) is 4.79 Å². The number of nitrogens with one attached hydrogen (secondary N) is 1. The van der Waals surface area contributed by atoms with Crippen molar-refractivity contribution >= 4 is 15.9 Å². The molecule has 2 fully saturated rings. The van der Waals surface area contributed by atoms with Crippen molar-refractivity contribution in [1.82, 2.24) is 30.2 Å². The third kappa shape index (κ3) is 5.39. The minimum absolute atomic E-state index is 0.0247. The topological polar surface area (TPSA) is 110 Å². The van der Waals surface area contributed by atoms with E-state index in [2.05, 4.69) is 36.3 Å². The quantitative estimate of drug-likeness (QED) is 0.479. The summed E-state index contributed by atoms with van der Waals surface area (Å²) in [7, 11) is -3.30. The van der Waals surface area contributed by atoms with Gasteiger partial charge in [-0.15, -0.1) is 0 Å². The van der Waals surface area contributed by atoms with Gasteiger partial charge < -0.3 is 10.2 Å². The van der Waals surface area contributed by atoms with Gasteiger partial charge in [0, 0.05) is 37.0 Å². The Balaban J connectivity index is 1.34. The minimum atomic E-state index is -3.30. The molecule has 0 radical (unpaired) electrons. The minimum Gasteiger partial charge on any atom is -0.332 e. The average Bonchev–Trinajstić information content (AvgIpc) is 3.49. The molecule has 1 aromatic carbocycles. The molecule has 1 saturated heterocycles. The Kier molecular flexibility index (Phi) is 7.02. The summed E-state index contributed by atoms with van der Waals surface area (Å²) in [4.78, 5) is 21.3. The van der Waals surface area contributed by atoms with Gasteiger partial charge in [-0.25, -0.2) is 13.2 Å². The average molecular weight is 523 g/mol. The number of amides is 2. The first-order valence-corrected chi connectivity index (χ1v) is 14.6. The molecule has 5 rings (SSSR count). The molecule has 196 valence electrons. The molecule has 3 heterocycles. The Morgan fingerprint density at radius 3 is 2.35 bits per heavy atom. The number of hydrogen-bond donors (Lipinski definition) is 1. The summed E-state index contributed by atoms with van der Waals surface area (Å²) < 4.78 is 24.1. The number of likely N-dealkylation sites (tertiary alicyclic amines) is 1. The van der Waals surface area contributed by atoms with Crippen molar-refractivity contribution in [2.24, 2.45) is 0 Å². The molecule has 0 spiro atoms. The molecule has 0 bridgehead atoms. The van der Waals surface area contributed by atoms with Crippen molar-refractivity contribution in [3.05, 3.63) is 71.3 Å². The molecular formula is C27H34N6O3S. The molecule has 1 aliphatic heterocycles. The zero-order valence-corrected chi connectivity index (χ0v) is 22.4. The zero-order valence-electron chi connectivity index (χ0n) is 21.5. The van der Waals surface area contributed by atoms with Crippen LogP contribution in [0.25, 0.3) is 0 Å². The van der Waals surface area contributed by atoms with E-state index in [9.17, 15) is 13.2 Å². The highest BCUT2D eigenvalue weighted by Crippen LogP contribution is 2.46. The third-order valence-electron chi connectivity index (χ3n) is 7.25. The highest BCUT2D eigenvalue weighted by atomic mass is 32.2. The molecule has 1 aliphatic carbocycles. The maximum atomic E-state index is 13.2. The molecule has 9 nitrogen and oxygen atoms in total. The number of benzene rings is 1. The normalized spacial score (nSPS) is 19.9. The number of carbonyl (C=O) groups is 1. The predicted molar refractivity (Wildman–Crippen MR) is 140 cm³/mol. The molecule has 2 aromatic heterocycles. The molecule has 2 unspecified atom stereocenters. The van der Waals surface area contributed by atoms with Gasteiger partial charge in [-0.05, 0) is 44.4 Å². The van der Waals surface area contributed by atoms with Crippen molar-refractivity contribution in [1.29, 1.82) is 0 Å². The SMILES string of the molecule is CCS(=O)(=O)c1ccc(CNC(=O)N2CC(c3ccccc3)C(c3nn(C(C)C)nc3C3CC3)C2)nc1. The number of urea groups is 1. The first-order chi connectivity index (χ1) is 17.8. The second-order valence-electron chi connectivity index (χ2n) is 10.2. The lowest BCUT2D eigenvalue weighted by Gasteiger charge is -2.17. The Bertz CT molecular complexity index is 1350. The summed E-state index contributed by atoms with van der Waals surface area (Å²) in [6, 6.07) is 13.5. The fraction of sp³-hybridized carbons (Fsp3) is 0.481. The number of pyridine rings is 1. The molecule has 3 aromatic rings. The van der Waals surface area contributed by atoms with Crippen LogP contribution in [0.3, 0.4) is 0 Å². The summed E-state index contributed by atoms with van der Waals surface area (Å²) in [6.45, 7) is 7.14. The van der Waals surface area contributed by atoms with E-state index in [-0.39, 0.29) is 41.1 Å². The van der Waals surface area contributed by atoms with E-state index in [1.807, 2.05) is 27.9 Å². The van der Waals surface area contributed by atoms with Crippen molar-refractivity contribution in [3.63, 3.8) is 0 Å². The number of aromatic nitrogens is 4. The van der Waals surface area contributed by atoms with Gasteiger partial charge >= 0.3 is 6.03 Å². The number of carbonyl (C=O) groups excluding carboxylic acids is 1. The van der Waals surface area contributed by atoms with Crippen LogP contribution in [0.15, 0.2) is 53.6 Å². The first kappa shape index (κ1) is 25.4. The third-order valence-corrected chi connectivity index (χ3v) is 8.97. The van der Waals surface area contributed by atoms with Gasteiger partial charge in [-0.1, -0.05) is 37.3 Å². The van der Waals surface area contributed by atoms with E-state index >= 15 is 0 Å². The Labute approximate surface area is 218 Å². The van der Waals surface area contributed by atoms with Gasteiger partial charge in [-0.2, -0.15) is 15.0 Å². The van der Waals surface area contributed by atoms with E-state index in [0.29, 0.717) is 24.7 Å². The molecule has 37 heavy (non-hydrogen) atoms. The van der Waals surface area contributed by atoms with E-state index in [1.54, 1.807) is 19.1 Å². The first-order valence-electron chi connectivity index (χ1n) is 13.0. The van der Waals surface area contributed by atoms with Crippen molar-refractivity contribution in [3.8, 4) is 0 Å². The van der Waals surface area contributed by atoms with Crippen LogP contribution in [0.2, 0.25) is 0 Å². The van der Waals surface area contributed by atoms with Crippen molar-refractivity contribution < 1.29 is 13.2 Å². The Hall–Kier alpha value is -3.27. The molecule has 2 atom stereocenters. The van der Waals surface area contributed by atoms with Crippen LogP contribution in [-0.4, -0.2) is 58.2 Å². The number of rotatable bonds is 8. The second-order valence-corrected chi connectivity index (χ2v) is 12.5. The largest absolute Gasteiger partial charge is 0.332 e. The Morgan fingerprint density at radius 2 is 1.73 bits per heavy atom. The van der Waals surface area contributed by atoms with Gasteiger partial charge in [0.05, 0.1) is 40.3 Å². The zero-order chi connectivity index (χ0) is 26.2. The van der Waals surface area contributed by atoms with Gasteiger partial charge in [0.25, 0.3) is 0 Å². The summed E-state index contributed by atoms with van der Waals surface area (Å²) in [6.07, 6.45) is 3.64. The lowest BCUT2D eigenvalue weighted by molar-refractivity contribution is 0.207. The highest BCUT2D eigenvalue weighted by molar-refractivity contribution is 7.91. The maximum Gasteiger partial charge on any atom is 0.317 e. The van der Waals surface area contributed by atoms with Crippen LogP contribution < -0.4 is 5.32 Å². The van der Waals surface area contributed by atoms with E-state index in [0.717, 1.165) is 24.2 Å². The molecule has 10 heteroatoms. The molecule has 1 saturated carbocycles. The lowest BCUT2D eigenvalue weighted by Crippen LogP contribution is -2.38. The highest BCUT2D eigenvalue weighted by Gasteiger charge is 2.42. The van der Waals surface area contributed by atoms with Gasteiger partial charge in [0.1, 0.15) is 0 Å². The number of sulfone groups is 1. The standard InChI is InChI=1S/C27H34N6O3S/c1-4-37(35,36)22-13-12-21(28-15-22)14-29-27(34)32-16-23(19-8-6-5-7-9-19)24(17-32)26-25(20-10-11-20)30-33(31-26)18(2)3/h5-9,12-13,15,18,20,23-24H,4,10-11,14,16-17H2,1-3H3,(H,29,34). The van der Waals surface area contributed by atoms with Gasteiger partial charge in [-0.3, -0.25) is 4.98 Å². The maximum absolute atomic E-state index is 13.2. The van der Waals surface area contributed by atoms with Crippen LogP contribution >= 0.6 is 0 Å². The van der Waals surface area contributed by atoms with Crippen molar-refractivity contribution in [2.75, 3.05) is 18.8 Å². The number of hydrogen-bond acceptors (Lipinski definition) is 6. The van der Waals surface area contributed by atoms with Gasteiger partial charge in [0.2, 0.25) is 0 Å². The van der Waals surface area contributed by atoms with Crippen molar-refractivity contribution in [2.45, 2.75) is 68.8 Å². The van der Waals surface area contributed by atoms with Crippen LogP contribution in [0.1, 0.15) is 80.1 Å². The van der Waals surface area contributed by atoms with E-state index in [1.165, 1.54) is 11.8 Å².